The lowest BCUT2D eigenvalue weighted by atomic mass is 9.85. The third-order valence-electron chi connectivity index (χ3n) is 7.07. The van der Waals surface area contributed by atoms with Gasteiger partial charge in [0.2, 0.25) is 0 Å². The number of aryl methyl sites for hydroxylation is 1. The van der Waals surface area contributed by atoms with Crippen molar-refractivity contribution < 1.29 is 14.3 Å². The molecule has 1 aromatic heterocycles. The van der Waals surface area contributed by atoms with Gasteiger partial charge in [0.1, 0.15) is 19.5 Å². The van der Waals surface area contributed by atoms with Crippen LogP contribution in [-0.2, 0) is 6.42 Å². The summed E-state index contributed by atoms with van der Waals surface area (Å²) in [4.78, 5) is 20.4. The van der Waals surface area contributed by atoms with Crippen LogP contribution in [0, 0.1) is 12.8 Å². The zero-order chi connectivity index (χ0) is 22.5. The summed E-state index contributed by atoms with van der Waals surface area (Å²) in [5.74, 6) is 2.71. The molecule has 0 radical (unpaired) electrons. The topological polar surface area (TPSA) is 69.5 Å². The number of carbonyl (C=O) groups is 1. The second kappa shape index (κ2) is 7.90. The molecule has 7 nitrogen and oxygen atoms in total. The molecule has 1 saturated carbocycles. The summed E-state index contributed by atoms with van der Waals surface area (Å²) in [6, 6.07) is 9.93. The van der Waals surface area contributed by atoms with Crippen molar-refractivity contribution in [3.8, 4) is 17.2 Å². The molecule has 33 heavy (non-hydrogen) atoms. The predicted molar refractivity (Wildman–Crippen MR) is 125 cm³/mol. The van der Waals surface area contributed by atoms with E-state index in [-0.39, 0.29) is 5.91 Å². The zero-order valence-corrected chi connectivity index (χ0v) is 19.1. The Kier molecular flexibility index (Phi) is 4.85. The molecule has 1 aliphatic carbocycles. The van der Waals surface area contributed by atoms with E-state index < -0.39 is 0 Å². The highest BCUT2D eigenvalue weighted by molar-refractivity contribution is 6.09. The zero-order valence-electron chi connectivity index (χ0n) is 19.1. The number of fused-ring (bicyclic) bond motifs is 2. The highest BCUT2D eigenvalue weighted by Crippen LogP contribution is 2.40. The van der Waals surface area contributed by atoms with Gasteiger partial charge >= 0.3 is 0 Å². The van der Waals surface area contributed by atoms with Gasteiger partial charge in [-0.05, 0) is 55.4 Å². The molecule has 6 rings (SSSR count). The van der Waals surface area contributed by atoms with Gasteiger partial charge in [-0.25, -0.2) is 9.67 Å². The van der Waals surface area contributed by atoms with Crippen LogP contribution in [0.5, 0.6) is 11.5 Å². The highest BCUT2D eigenvalue weighted by Gasteiger charge is 2.32. The van der Waals surface area contributed by atoms with Crippen molar-refractivity contribution in [2.24, 2.45) is 5.92 Å². The molecule has 2 aromatic carbocycles. The Morgan fingerprint density at radius 2 is 2.00 bits per heavy atom. The molecule has 7 heteroatoms. The lowest BCUT2D eigenvalue weighted by molar-refractivity contribution is 0.0969. The maximum Gasteiger partial charge on any atom is 0.262 e. The molecule has 0 saturated heterocycles. The Balaban J connectivity index is 1.43. The molecule has 0 spiro atoms. The largest absolute Gasteiger partial charge is 0.486 e. The van der Waals surface area contributed by atoms with E-state index in [2.05, 4.69) is 24.9 Å². The Labute approximate surface area is 193 Å². The number of carbonyl (C=O) groups excluding carboxylic acids is 1. The number of anilines is 1. The Morgan fingerprint density at radius 1 is 1.15 bits per heavy atom. The standard InChI is InChI=1S/C26H28N4O3/c1-16-11-20-17(2)5-3-8-22(20)29(14-16)26(31)21-12-19(13-23-24(21)33-10-9-32-23)30-15-27-25(28-30)18-6-4-7-18/h3,5,8,12-13,15-16,18H,4,6-7,9-11,14H2,1-2H3/t16-/m1/s1. The van der Waals surface area contributed by atoms with E-state index >= 15 is 0 Å². The number of benzene rings is 2. The number of amides is 1. The van der Waals surface area contributed by atoms with Crippen molar-refractivity contribution in [2.75, 3.05) is 24.7 Å². The van der Waals surface area contributed by atoms with E-state index in [9.17, 15) is 4.79 Å². The Bertz CT molecular complexity index is 1230. The lowest BCUT2D eigenvalue weighted by Gasteiger charge is -2.35. The first kappa shape index (κ1) is 20.3. The van der Waals surface area contributed by atoms with E-state index in [1.807, 2.05) is 29.2 Å². The minimum Gasteiger partial charge on any atom is -0.486 e. The normalized spacial score (nSPS) is 19.7. The van der Waals surface area contributed by atoms with Crippen molar-refractivity contribution in [2.45, 2.75) is 45.4 Å². The smallest absolute Gasteiger partial charge is 0.262 e. The van der Waals surface area contributed by atoms with Gasteiger partial charge in [-0.2, -0.15) is 5.10 Å². The summed E-state index contributed by atoms with van der Waals surface area (Å²) in [6.45, 7) is 5.86. The summed E-state index contributed by atoms with van der Waals surface area (Å²) in [5, 5.41) is 4.71. The van der Waals surface area contributed by atoms with Gasteiger partial charge in [0.05, 0.1) is 11.3 Å². The number of rotatable bonds is 3. The first-order valence-corrected chi connectivity index (χ1v) is 11.8. The molecule has 2 aliphatic heterocycles. The minimum atomic E-state index is -0.0728. The van der Waals surface area contributed by atoms with Gasteiger partial charge in [0.15, 0.2) is 17.3 Å². The molecule has 3 aromatic rings. The van der Waals surface area contributed by atoms with Gasteiger partial charge in [-0.1, -0.05) is 25.5 Å². The van der Waals surface area contributed by atoms with Crippen LogP contribution in [0.15, 0.2) is 36.7 Å². The van der Waals surface area contributed by atoms with Crippen LogP contribution in [0.1, 0.15) is 59.4 Å². The number of aromatic nitrogens is 3. The average Bonchev–Trinajstić information content (AvgIpc) is 3.26. The summed E-state index contributed by atoms with van der Waals surface area (Å²) in [5.41, 5.74) is 4.72. The van der Waals surface area contributed by atoms with Gasteiger partial charge in [-0.15, -0.1) is 0 Å². The van der Waals surface area contributed by atoms with E-state index in [4.69, 9.17) is 14.6 Å². The van der Waals surface area contributed by atoms with Crippen molar-refractivity contribution in [1.29, 1.82) is 0 Å². The molecular weight excluding hydrogens is 416 g/mol. The molecule has 3 heterocycles. The van der Waals surface area contributed by atoms with Gasteiger partial charge in [0, 0.05) is 24.2 Å². The van der Waals surface area contributed by atoms with Gasteiger partial charge in [-0.3, -0.25) is 4.79 Å². The second-order valence-corrected chi connectivity index (χ2v) is 9.49. The van der Waals surface area contributed by atoms with Crippen molar-refractivity contribution in [3.63, 3.8) is 0 Å². The number of hydrogen-bond donors (Lipinski definition) is 0. The molecule has 1 amide bonds. The van der Waals surface area contributed by atoms with Gasteiger partial charge in [0.25, 0.3) is 5.91 Å². The third-order valence-corrected chi connectivity index (χ3v) is 7.07. The quantitative estimate of drug-likeness (QED) is 0.597. The van der Waals surface area contributed by atoms with Crippen LogP contribution < -0.4 is 14.4 Å². The first-order chi connectivity index (χ1) is 16.1. The van der Waals surface area contributed by atoms with Crippen molar-refractivity contribution in [3.05, 3.63) is 59.2 Å². The lowest BCUT2D eigenvalue weighted by Crippen LogP contribution is -2.40. The average molecular weight is 445 g/mol. The summed E-state index contributed by atoms with van der Waals surface area (Å²) in [7, 11) is 0. The van der Waals surface area contributed by atoms with Crippen LogP contribution in [0.2, 0.25) is 0 Å². The summed E-state index contributed by atoms with van der Waals surface area (Å²) >= 11 is 0. The van der Waals surface area contributed by atoms with Crippen LogP contribution in [-0.4, -0.2) is 40.4 Å². The maximum absolute atomic E-state index is 14.0. The molecule has 170 valence electrons. The van der Waals surface area contributed by atoms with Crippen LogP contribution in [0.4, 0.5) is 5.69 Å². The molecule has 1 fully saturated rings. The highest BCUT2D eigenvalue weighted by atomic mass is 16.6. The van der Waals surface area contributed by atoms with E-state index in [1.165, 1.54) is 17.5 Å². The predicted octanol–water partition coefficient (Wildman–Crippen LogP) is 4.45. The number of nitrogens with zero attached hydrogens (tertiary/aromatic N) is 4. The monoisotopic (exact) mass is 444 g/mol. The van der Waals surface area contributed by atoms with Gasteiger partial charge < -0.3 is 14.4 Å². The molecular formula is C26H28N4O3. The van der Waals surface area contributed by atoms with E-state index in [0.29, 0.717) is 48.7 Å². The van der Waals surface area contributed by atoms with Crippen LogP contribution >= 0.6 is 0 Å². The third kappa shape index (κ3) is 3.46. The van der Waals surface area contributed by atoms with Crippen LogP contribution in [0.25, 0.3) is 5.69 Å². The fourth-order valence-electron chi connectivity index (χ4n) is 5.05. The minimum absolute atomic E-state index is 0.0728. The van der Waals surface area contributed by atoms with Crippen molar-refractivity contribution >= 4 is 11.6 Å². The maximum atomic E-state index is 14.0. The molecule has 0 unspecified atom stereocenters. The second-order valence-electron chi connectivity index (χ2n) is 9.49. The van der Waals surface area contributed by atoms with E-state index in [1.54, 1.807) is 11.0 Å². The molecule has 3 aliphatic rings. The molecule has 0 bridgehead atoms. The van der Waals surface area contributed by atoms with Crippen molar-refractivity contribution in [1.82, 2.24) is 14.8 Å². The Morgan fingerprint density at radius 3 is 2.82 bits per heavy atom. The van der Waals surface area contributed by atoms with Crippen LogP contribution in [0.3, 0.4) is 0 Å². The summed E-state index contributed by atoms with van der Waals surface area (Å²) < 4.78 is 13.6. The molecule has 1 atom stereocenters. The molecule has 0 N–H and O–H groups in total. The number of hydrogen-bond acceptors (Lipinski definition) is 5. The Hall–Kier alpha value is -3.35. The number of ether oxygens (including phenoxy) is 2. The fraction of sp³-hybridized carbons (Fsp3) is 0.423. The SMILES string of the molecule is Cc1cccc2c1C[C@@H](C)CN2C(=O)c1cc(-n2cnc(C3CCC3)n2)cc2c1OCCO2. The fourth-order valence-corrected chi connectivity index (χ4v) is 5.05. The first-order valence-electron chi connectivity index (χ1n) is 11.8. The van der Waals surface area contributed by atoms with E-state index in [0.717, 1.165) is 36.5 Å². The summed E-state index contributed by atoms with van der Waals surface area (Å²) in [6.07, 6.45) is 6.22.